The van der Waals surface area contributed by atoms with Crippen LogP contribution in [-0.2, 0) is 28.3 Å². The van der Waals surface area contributed by atoms with Crippen LogP contribution in [0.5, 0.6) is 0 Å². The van der Waals surface area contributed by atoms with Gasteiger partial charge in [0.15, 0.2) is 5.78 Å². The predicted octanol–water partition coefficient (Wildman–Crippen LogP) is 3.68. The number of benzene rings is 1. The first kappa shape index (κ1) is 17.9. The molecular weight excluding hydrogens is 314 g/mol. The first-order chi connectivity index (χ1) is 10.3. The average Bonchev–Trinajstić information content (AvgIpc) is 3.23. The van der Waals surface area contributed by atoms with Gasteiger partial charge in [-0.3, -0.25) is 4.79 Å². The van der Waals surface area contributed by atoms with Crippen LogP contribution in [0.4, 0.5) is 0 Å². The van der Waals surface area contributed by atoms with Crippen molar-refractivity contribution in [1.29, 1.82) is 5.26 Å². The van der Waals surface area contributed by atoms with E-state index in [4.69, 9.17) is 5.26 Å². The second-order valence-corrected chi connectivity index (χ2v) is 4.54. The summed E-state index contributed by atoms with van der Waals surface area (Å²) in [5.41, 5.74) is 2.29. The summed E-state index contributed by atoms with van der Waals surface area (Å²) >= 11 is 0. The summed E-state index contributed by atoms with van der Waals surface area (Å²) < 4.78 is 0. The number of hydrogen-bond donors (Lipinski definition) is 0. The summed E-state index contributed by atoms with van der Waals surface area (Å²) in [5, 5.41) is 8.64. The van der Waals surface area contributed by atoms with Gasteiger partial charge in [-0.2, -0.15) is 5.26 Å². The van der Waals surface area contributed by atoms with Gasteiger partial charge in [-0.1, -0.05) is 54.7 Å². The molecule has 0 saturated heterocycles. The summed E-state index contributed by atoms with van der Waals surface area (Å²) in [7, 11) is 0. The molecule has 110 valence electrons. The third kappa shape index (κ3) is 5.69. The Morgan fingerprint density at radius 2 is 1.64 bits per heavy atom. The summed E-state index contributed by atoms with van der Waals surface area (Å²) in [6.07, 6.45) is 17.7. The molecule has 1 aromatic rings. The molecule has 2 nitrogen and oxygen atoms in total. The summed E-state index contributed by atoms with van der Waals surface area (Å²) in [6.45, 7) is 0. The van der Waals surface area contributed by atoms with Crippen LogP contribution in [0.2, 0.25) is 0 Å². The van der Waals surface area contributed by atoms with Crippen molar-refractivity contribution in [3.63, 3.8) is 0 Å². The fourth-order valence-corrected chi connectivity index (χ4v) is 1.87. The first-order valence-electron chi connectivity index (χ1n) is 6.70. The molecule has 0 saturated carbocycles. The monoisotopic (exact) mass is 329 g/mol. The van der Waals surface area contributed by atoms with Crippen LogP contribution in [0, 0.1) is 24.2 Å². The molecule has 2 radical (unpaired) electrons. The Hall–Kier alpha value is -2.14. The predicted molar refractivity (Wildman–Crippen MR) is 84.0 cm³/mol. The van der Waals surface area contributed by atoms with E-state index in [0.717, 1.165) is 11.1 Å². The number of allylic oxidation sites excluding steroid dienone is 8. The van der Waals surface area contributed by atoms with E-state index in [1.165, 1.54) is 0 Å². The second-order valence-electron chi connectivity index (χ2n) is 4.54. The molecule has 0 atom stereocenters. The van der Waals surface area contributed by atoms with Gasteiger partial charge in [0.25, 0.3) is 0 Å². The minimum atomic E-state index is 0. The van der Waals surface area contributed by atoms with E-state index in [1.807, 2.05) is 67.5 Å². The molecule has 0 aromatic heterocycles. The van der Waals surface area contributed by atoms with Gasteiger partial charge in [0.05, 0.1) is 11.6 Å². The van der Waals surface area contributed by atoms with Gasteiger partial charge in [0, 0.05) is 41.9 Å². The van der Waals surface area contributed by atoms with Crippen molar-refractivity contribution in [1.82, 2.24) is 0 Å². The summed E-state index contributed by atoms with van der Waals surface area (Å²) in [5.74, 6) is 0.106. The molecule has 0 heterocycles. The molecule has 0 bridgehead atoms. The van der Waals surface area contributed by atoms with Crippen LogP contribution in [0.1, 0.15) is 11.1 Å². The molecule has 0 unspecified atom stereocenters. The molecule has 0 spiro atoms. The van der Waals surface area contributed by atoms with Gasteiger partial charge in [0.1, 0.15) is 0 Å². The third-order valence-electron chi connectivity index (χ3n) is 2.99. The molecule has 0 amide bonds. The Bertz CT molecular complexity index is 648. The van der Waals surface area contributed by atoms with Crippen LogP contribution in [0.25, 0.3) is 0 Å². The number of rotatable bonds is 3. The van der Waals surface area contributed by atoms with Crippen molar-refractivity contribution in [2.75, 3.05) is 0 Å². The summed E-state index contributed by atoms with van der Waals surface area (Å²) in [6, 6.07) is 9.15. The topological polar surface area (TPSA) is 40.9 Å². The zero-order chi connectivity index (χ0) is 14.9. The molecule has 2 aliphatic carbocycles. The second kappa shape index (κ2) is 9.73. The van der Waals surface area contributed by atoms with Crippen molar-refractivity contribution in [2.24, 2.45) is 0 Å². The number of carbonyl (C=O) groups is 1. The molecule has 3 heteroatoms. The molecule has 0 aliphatic heterocycles. The minimum Gasteiger partial charge on any atom is -0.294 e. The van der Waals surface area contributed by atoms with Gasteiger partial charge >= 0.3 is 0 Å². The van der Waals surface area contributed by atoms with E-state index < -0.39 is 0 Å². The minimum absolute atomic E-state index is 0. The maximum absolute atomic E-state index is 11.8. The smallest absolute Gasteiger partial charge is 0.166 e. The largest absolute Gasteiger partial charge is 0.294 e. The van der Waals surface area contributed by atoms with E-state index in [9.17, 15) is 4.79 Å². The number of hydrogen-bond acceptors (Lipinski definition) is 2. The zero-order valence-electron chi connectivity index (χ0n) is 11.9. The fourth-order valence-electron chi connectivity index (χ4n) is 1.87. The standard InChI is InChI=1S/C14H10NO.C5H5.Fe/c15-10-12-7-5-11(6-8-12)9-14(16)13-3-1-2-4-13;1-2-4-5-3-1;/h1-8H,9H2;1-5H;. The van der Waals surface area contributed by atoms with E-state index in [0.29, 0.717) is 12.0 Å². The van der Waals surface area contributed by atoms with Crippen LogP contribution >= 0.6 is 0 Å². The van der Waals surface area contributed by atoms with Crippen molar-refractivity contribution in [2.45, 2.75) is 6.42 Å². The van der Waals surface area contributed by atoms with Crippen LogP contribution < -0.4 is 0 Å². The average molecular weight is 329 g/mol. The number of carbonyl (C=O) groups excluding carboxylic acids is 1. The molecule has 0 fully saturated rings. The molecule has 22 heavy (non-hydrogen) atoms. The Kier molecular flexibility index (Phi) is 7.92. The Morgan fingerprint density at radius 3 is 2.09 bits per heavy atom. The number of nitriles is 1. The van der Waals surface area contributed by atoms with Crippen molar-refractivity contribution in [3.05, 3.63) is 96.3 Å². The van der Waals surface area contributed by atoms with Gasteiger partial charge in [-0.05, 0) is 17.7 Å². The third-order valence-corrected chi connectivity index (χ3v) is 2.99. The van der Waals surface area contributed by atoms with Crippen LogP contribution in [-0.4, -0.2) is 5.78 Å². The normalized spacial score (nSPS) is 13.7. The van der Waals surface area contributed by atoms with Crippen molar-refractivity contribution >= 4 is 5.78 Å². The number of Topliss-reactive ketones (excluding diaryl/α,β-unsaturated/α-hetero) is 1. The zero-order valence-corrected chi connectivity index (χ0v) is 13.0. The summed E-state index contributed by atoms with van der Waals surface area (Å²) in [4.78, 5) is 11.8. The molecule has 0 N–H and O–H groups in total. The fraction of sp³-hybridized carbons (Fsp3) is 0.0526. The van der Waals surface area contributed by atoms with E-state index in [-0.39, 0.29) is 22.9 Å². The number of nitrogens with zero attached hydrogens (tertiary/aromatic N) is 1. The van der Waals surface area contributed by atoms with Gasteiger partial charge < -0.3 is 0 Å². The molecule has 1 aromatic carbocycles. The van der Waals surface area contributed by atoms with Gasteiger partial charge in [-0.15, -0.1) is 0 Å². The quantitative estimate of drug-likeness (QED) is 0.794. The number of ketones is 1. The van der Waals surface area contributed by atoms with E-state index >= 15 is 0 Å². The molecule has 2 aliphatic rings. The Labute approximate surface area is 142 Å². The maximum Gasteiger partial charge on any atom is 0.166 e. The van der Waals surface area contributed by atoms with Crippen molar-refractivity contribution in [3.8, 4) is 6.07 Å². The first-order valence-corrected chi connectivity index (χ1v) is 6.70. The van der Waals surface area contributed by atoms with Crippen LogP contribution in [0.3, 0.4) is 0 Å². The van der Waals surface area contributed by atoms with Crippen LogP contribution in [0.15, 0.2) is 72.4 Å². The molecule has 3 rings (SSSR count). The van der Waals surface area contributed by atoms with Gasteiger partial charge in [0.2, 0.25) is 0 Å². The van der Waals surface area contributed by atoms with E-state index in [2.05, 4.69) is 6.07 Å². The van der Waals surface area contributed by atoms with E-state index in [1.54, 1.807) is 12.1 Å². The van der Waals surface area contributed by atoms with Gasteiger partial charge in [-0.25, -0.2) is 0 Å². The Morgan fingerprint density at radius 1 is 0.955 bits per heavy atom. The molecular formula is C19H15FeNO. The SMILES string of the molecule is N#Cc1ccc(CC(=O)C2=C[CH]C=C2)cc1.[CH]1C=CC=C1.[Fe]. The maximum atomic E-state index is 11.8. The Balaban J connectivity index is 0.000000344. The van der Waals surface area contributed by atoms with Crippen molar-refractivity contribution < 1.29 is 21.9 Å².